The largest absolute Gasteiger partial charge is 0.311 e. The zero-order valence-corrected chi connectivity index (χ0v) is 12.1. The first-order valence-corrected chi connectivity index (χ1v) is 7.47. The van der Waals surface area contributed by atoms with E-state index in [1.807, 2.05) is 0 Å². The highest BCUT2D eigenvalue weighted by molar-refractivity contribution is 5.00. The highest BCUT2D eigenvalue weighted by Crippen LogP contribution is 2.47. The second kappa shape index (κ2) is 5.87. The monoisotopic (exact) mass is 249 g/mol. The molecule has 1 saturated carbocycles. The summed E-state index contributed by atoms with van der Waals surface area (Å²) in [5.41, 5.74) is 1.80. The molecule has 1 aliphatic carbocycles. The molecular weight excluding hydrogens is 222 g/mol. The lowest BCUT2D eigenvalue weighted by molar-refractivity contribution is 0.417. The zero-order valence-electron chi connectivity index (χ0n) is 12.1. The fourth-order valence-electron chi connectivity index (χ4n) is 2.63. The van der Waals surface area contributed by atoms with E-state index >= 15 is 0 Å². The third-order valence-electron chi connectivity index (χ3n) is 4.49. The van der Waals surface area contributed by atoms with Crippen molar-refractivity contribution in [3.63, 3.8) is 0 Å². The van der Waals surface area contributed by atoms with Crippen LogP contribution in [-0.2, 0) is 6.54 Å². The third-order valence-corrected chi connectivity index (χ3v) is 4.49. The highest BCUT2D eigenvalue weighted by atomic mass is 15.3. The van der Waals surface area contributed by atoms with E-state index in [9.17, 15) is 0 Å². The lowest BCUT2D eigenvalue weighted by Gasteiger charge is -2.13. The van der Waals surface area contributed by atoms with Crippen molar-refractivity contribution in [1.29, 1.82) is 0 Å². The van der Waals surface area contributed by atoms with Crippen molar-refractivity contribution in [3.8, 4) is 0 Å². The van der Waals surface area contributed by atoms with Crippen molar-refractivity contribution in [2.24, 2.45) is 5.41 Å². The van der Waals surface area contributed by atoms with Crippen LogP contribution in [0.15, 0.2) is 12.3 Å². The van der Waals surface area contributed by atoms with Crippen LogP contribution < -0.4 is 5.32 Å². The Morgan fingerprint density at radius 3 is 2.61 bits per heavy atom. The van der Waals surface area contributed by atoms with Crippen LogP contribution in [0.1, 0.15) is 64.6 Å². The molecule has 0 atom stereocenters. The quantitative estimate of drug-likeness (QED) is 0.764. The molecule has 1 aromatic rings. The molecule has 18 heavy (non-hydrogen) atoms. The van der Waals surface area contributed by atoms with Crippen LogP contribution in [0.5, 0.6) is 0 Å². The van der Waals surface area contributed by atoms with Crippen molar-refractivity contribution < 1.29 is 0 Å². The lowest BCUT2D eigenvalue weighted by Crippen LogP contribution is -2.23. The average molecular weight is 249 g/mol. The van der Waals surface area contributed by atoms with E-state index in [1.54, 1.807) is 0 Å². The molecule has 1 heterocycles. The predicted octanol–water partition coefficient (Wildman–Crippen LogP) is 3.52. The summed E-state index contributed by atoms with van der Waals surface area (Å²) in [4.78, 5) is 0. The Labute approximate surface area is 111 Å². The Bertz CT molecular complexity index is 362. The van der Waals surface area contributed by atoms with Crippen molar-refractivity contribution in [2.45, 2.75) is 65.5 Å². The van der Waals surface area contributed by atoms with Gasteiger partial charge in [0.1, 0.15) is 0 Å². The van der Waals surface area contributed by atoms with Crippen molar-refractivity contribution >= 4 is 0 Å². The zero-order chi connectivity index (χ0) is 13.0. The van der Waals surface area contributed by atoms with Gasteiger partial charge in [-0.1, -0.05) is 20.8 Å². The van der Waals surface area contributed by atoms with Gasteiger partial charge in [-0.05, 0) is 43.6 Å². The molecule has 0 amide bonds. The van der Waals surface area contributed by atoms with E-state index < -0.39 is 0 Å². The van der Waals surface area contributed by atoms with E-state index in [1.165, 1.54) is 25.0 Å². The standard InChI is InChI=1S/C15H27N3/c1-4-14(5-2)18-10-7-13(17-18)11-16-12-15(6-3)8-9-15/h7,10,14,16H,4-6,8-9,11-12H2,1-3H3. The maximum absolute atomic E-state index is 4.67. The summed E-state index contributed by atoms with van der Waals surface area (Å²) in [5.74, 6) is 0. The fraction of sp³-hybridized carbons (Fsp3) is 0.800. The molecule has 1 N–H and O–H groups in total. The summed E-state index contributed by atoms with van der Waals surface area (Å²) in [5, 5.41) is 8.24. The van der Waals surface area contributed by atoms with Crippen LogP contribution in [0, 0.1) is 5.41 Å². The third kappa shape index (κ3) is 3.14. The molecule has 2 rings (SSSR count). The second-order valence-electron chi connectivity index (χ2n) is 5.71. The van der Waals surface area contributed by atoms with Crippen LogP contribution in [-0.4, -0.2) is 16.3 Å². The van der Waals surface area contributed by atoms with E-state index in [4.69, 9.17) is 0 Å². The maximum Gasteiger partial charge on any atom is 0.0762 e. The topological polar surface area (TPSA) is 29.9 Å². The first-order valence-electron chi connectivity index (χ1n) is 7.47. The molecule has 0 radical (unpaired) electrons. The number of rotatable bonds is 8. The molecule has 3 nitrogen and oxygen atoms in total. The minimum atomic E-state index is 0.559. The van der Waals surface area contributed by atoms with Gasteiger partial charge in [0.05, 0.1) is 11.7 Å². The van der Waals surface area contributed by atoms with Crippen molar-refractivity contribution in [1.82, 2.24) is 15.1 Å². The summed E-state index contributed by atoms with van der Waals surface area (Å²) in [7, 11) is 0. The van der Waals surface area contributed by atoms with Gasteiger partial charge in [0.15, 0.2) is 0 Å². The van der Waals surface area contributed by atoms with Gasteiger partial charge < -0.3 is 5.32 Å². The highest BCUT2D eigenvalue weighted by Gasteiger charge is 2.39. The van der Waals surface area contributed by atoms with E-state index in [0.29, 0.717) is 11.5 Å². The minimum Gasteiger partial charge on any atom is -0.311 e. The lowest BCUT2D eigenvalue weighted by atomic mass is 10.0. The predicted molar refractivity (Wildman–Crippen MR) is 75.5 cm³/mol. The Morgan fingerprint density at radius 1 is 1.33 bits per heavy atom. The Kier molecular flexibility index (Phi) is 4.44. The SMILES string of the molecule is CCC(CC)n1ccc(CNCC2(CC)CC2)n1. The first kappa shape index (κ1) is 13.6. The van der Waals surface area contributed by atoms with Crippen molar-refractivity contribution in [2.75, 3.05) is 6.54 Å². The molecule has 0 saturated heterocycles. The first-order chi connectivity index (χ1) is 8.73. The Morgan fingerprint density at radius 2 is 2.06 bits per heavy atom. The molecule has 0 spiro atoms. The van der Waals surface area contributed by atoms with Gasteiger partial charge in [0.2, 0.25) is 0 Å². The number of nitrogens with one attached hydrogen (secondary N) is 1. The molecule has 1 aliphatic rings. The second-order valence-corrected chi connectivity index (χ2v) is 5.71. The number of aromatic nitrogens is 2. The Balaban J connectivity index is 1.79. The smallest absolute Gasteiger partial charge is 0.0762 e. The number of hydrogen-bond acceptors (Lipinski definition) is 2. The molecular formula is C15H27N3. The van der Waals surface area contributed by atoms with Crippen LogP contribution >= 0.6 is 0 Å². The number of hydrogen-bond donors (Lipinski definition) is 1. The van der Waals surface area contributed by atoms with E-state index in [-0.39, 0.29) is 0 Å². The van der Waals surface area contributed by atoms with Crippen molar-refractivity contribution in [3.05, 3.63) is 18.0 Å². The molecule has 0 bridgehead atoms. The molecule has 0 unspecified atom stereocenters. The van der Waals surface area contributed by atoms with E-state index in [0.717, 1.165) is 25.9 Å². The number of nitrogens with zero attached hydrogens (tertiary/aromatic N) is 2. The average Bonchev–Trinajstić information content (AvgIpc) is 3.03. The molecule has 1 aromatic heterocycles. The van der Waals surface area contributed by atoms with Gasteiger partial charge in [-0.3, -0.25) is 4.68 Å². The van der Waals surface area contributed by atoms with Gasteiger partial charge in [0, 0.05) is 19.3 Å². The summed E-state index contributed by atoms with van der Waals surface area (Å²) in [6.45, 7) is 8.82. The van der Waals surface area contributed by atoms with Crippen LogP contribution in [0.25, 0.3) is 0 Å². The summed E-state index contributed by atoms with van der Waals surface area (Å²) >= 11 is 0. The Hall–Kier alpha value is -0.830. The van der Waals surface area contributed by atoms with Crippen LogP contribution in [0.3, 0.4) is 0 Å². The summed E-state index contributed by atoms with van der Waals surface area (Å²) in [6, 6.07) is 2.71. The molecule has 0 aliphatic heterocycles. The molecule has 102 valence electrons. The molecule has 0 aromatic carbocycles. The normalized spacial score (nSPS) is 17.3. The van der Waals surface area contributed by atoms with Crippen LogP contribution in [0.2, 0.25) is 0 Å². The summed E-state index contributed by atoms with van der Waals surface area (Å²) < 4.78 is 2.13. The summed E-state index contributed by atoms with van der Waals surface area (Å²) in [6.07, 6.45) is 8.55. The minimum absolute atomic E-state index is 0.559. The van der Waals surface area contributed by atoms with Gasteiger partial charge >= 0.3 is 0 Å². The maximum atomic E-state index is 4.67. The molecule has 1 fully saturated rings. The van der Waals surface area contributed by atoms with Gasteiger partial charge in [-0.25, -0.2) is 0 Å². The van der Waals surface area contributed by atoms with E-state index in [2.05, 4.69) is 48.1 Å². The van der Waals surface area contributed by atoms with Gasteiger partial charge in [-0.15, -0.1) is 0 Å². The van der Waals surface area contributed by atoms with Gasteiger partial charge in [0.25, 0.3) is 0 Å². The van der Waals surface area contributed by atoms with Gasteiger partial charge in [-0.2, -0.15) is 5.10 Å². The fourth-order valence-corrected chi connectivity index (χ4v) is 2.63. The molecule has 3 heteroatoms. The van der Waals surface area contributed by atoms with Crippen LogP contribution in [0.4, 0.5) is 0 Å².